The van der Waals surface area contributed by atoms with E-state index in [1.807, 2.05) is 38.1 Å². The maximum atomic E-state index is 13.1. The van der Waals surface area contributed by atoms with E-state index in [4.69, 9.17) is 16.7 Å². The van der Waals surface area contributed by atoms with Gasteiger partial charge < -0.3 is 10.0 Å². The maximum absolute atomic E-state index is 13.1. The Morgan fingerprint density at radius 3 is 2.57 bits per heavy atom. The average Bonchev–Trinajstić information content (AvgIpc) is 2.69. The third-order valence-electron chi connectivity index (χ3n) is 5.85. The van der Waals surface area contributed by atoms with E-state index < -0.39 is 21.4 Å². The number of hydrogen-bond donors (Lipinski definition) is 1. The number of rotatable bonds is 2. The van der Waals surface area contributed by atoms with Gasteiger partial charge in [-0.15, -0.1) is 0 Å². The molecule has 0 saturated carbocycles. The van der Waals surface area contributed by atoms with Crippen molar-refractivity contribution in [2.24, 2.45) is 5.41 Å². The highest BCUT2D eigenvalue weighted by atomic mass is 35.5. The van der Waals surface area contributed by atoms with Gasteiger partial charge in [0, 0.05) is 42.2 Å². The molecule has 0 aliphatic carbocycles. The van der Waals surface area contributed by atoms with Crippen LogP contribution in [-0.2, 0) is 10.0 Å². The van der Waals surface area contributed by atoms with Crippen LogP contribution in [0.1, 0.15) is 38.7 Å². The van der Waals surface area contributed by atoms with Gasteiger partial charge in [-0.1, -0.05) is 48.9 Å². The molecule has 2 heterocycles. The smallest absolute Gasteiger partial charge is 0.407 e. The van der Waals surface area contributed by atoms with Crippen molar-refractivity contribution in [2.75, 3.05) is 26.2 Å². The molecule has 2 aliphatic rings. The van der Waals surface area contributed by atoms with E-state index in [0.717, 1.165) is 11.1 Å². The molecule has 0 bridgehead atoms. The molecule has 6 nitrogen and oxygen atoms in total. The van der Waals surface area contributed by atoms with Gasteiger partial charge in [0.15, 0.2) is 0 Å². The molecule has 1 amide bonds. The lowest BCUT2D eigenvalue weighted by Crippen LogP contribution is -2.51. The molecular formula is C22H27ClN2O4S. The predicted octanol–water partition coefficient (Wildman–Crippen LogP) is 3.82. The summed E-state index contributed by atoms with van der Waals surface area (Å²) in [6, 6.07) is 7.36. The summed E-state index contributed by atoms with van der Waals surface area (Å²) in [6.07, 6.45) is 2.23. The number of likely N-dealkylation sites (tertiary alicyclic amines) is 1. The van der Waals surface area contributed by atoms with E-state index in [1.165, 1.54) is 4.90 Å². The van der Waals surface area contributed by atoms with Crippen LogP contribution in [0.15, 0.2) is 35.9 Å². The van der Waals surface area contributed by atoms with Crippen LogP contribution < -0.4 is 0 Å². The molecule has 30 heavy (non-hydrogen) atoms. The van der Waals surface area contributed by atoms with Gasteiger partial charge >= 0.3 is 6.09 Å². The predicted molar refractivity (Wildman–Crippen MR) is 118 cm³/mol. The number of nitrogens with zero attached hydrogens (tertiary/aromatic N) is 2. The van der Waals surface area contributed by atoms with Crippen molar-refractivity contribution < 1.29 is 18.3 Å². The number of hydrogen-bond acceptors (Lipinski definition) is 3. The van der Waals surface area contributed by atoms with Crippen LogP contribution in [0.4, 0.5) is 4.79 Å². The van der Waals surface area contributed by atoms with E-state index in [-0.39, 0.29) is 18.5 Å². The first kappa shape index (κ1) is 22.7. The van der Waals surface area contributed by atoms with Crippen LogP contribution in [-0.4, -0.2) is 60.3 Å². The number of halogens is 1. The first-order chi connectivity index (χ1) is 14.1. The molecule has 1 aromatic rings. The third-order valence-corrected chi connectivity index (χ3v) is 8.43. The highest BCUT2D eigenvalue weighted by Crippen LogP contribution is 2.36. The molecule has 162 valence electrons. The molecule has 1 aromatic carbocycles. The fourth-order valence-corrected chi connectivity index (χ4v) is 6.29. The van der Waals surface area contributed by atoms with Crippen LogP contribution >= 0.6 is 11.6 Å². The minimum Gasteiger partial charge on any atom is -0.465 e. The van der Waals surface area contributed by atoms with Crippen LogP contribution in [0.5, 0.6) is 0 Å². The molecule has 2 fully saturated rings. The minimum absolute atomic E-state index is 0.265. The average molecular weight is 451 g/mol. The molecular weight excluding hydrogens is 424 g/mol. The summed E-state index contributed by atoms with van der Waals surface area (Å²) in [7, 11) is -3.46. The van der Waals surface area contributed by atoms with Crippen LogP contribution in [0, 0.1) is 17.3 Å². The molecule has 0 spiro atoms. The second-order valence-corrected chi connectivity index (χ2v) is 11.1. The summed E-state index contributed by atoms with van der Waals surface area (Å²) in [6.45, 7) is 5.43. The largest absolute Gasteiger partial charge is 0.465 e. The zero-order valence-corrected chi connectivity index (χ0v) is 18.8. The van der Waals surface area contributed by atoms with E-state index in [1.54, 1.807) is 10.4 Å². The van der Waals surface area contributed by atoms with Crippen LogP contribution in [0.2, 0.25) is 5.02 Å². The summed E-state index contributed by atoms with van der Waals surface area (Å²) in [4.78, 5) is 12.4. The highest BCUT2D eigenvalue weighted by molar-refractivity contribution is 7.89. The number of amides is 1. The summed E-state index contributed by atoms with van der Waals surface area (Å²) in [5.41, 5.74) is 1.64. The summed E-state index contributed by atoms with van der Waals surface area (Å²) in [5.74, 6) is 6.17. The van der Waals surface area contributed by atoms with Crippen molar-refractivity contribution in [3.8, 4) is 11.8 Å². The monoisotopic (exact) mass is 450 g/mol. The SMILES string of the molecule is CC1(C)CN(S(=O)(=O)C2CCN(C(=O)O)CC2)CC/C1=C\C#Cc1cccc(Cl)c1. The van der Waals surface area contributed by atoms with Crippen molar-refractivity contribution in [1.82, 2.24) is 9.21 Å². The van der Waals surface area contributed by atoms with E-state index >= 15 is 0 Å². The standard InChI is InChI=1S/C22H27ClN2O4S/c1-22(2)16-25(30(28,29)20-10-12-24(13-11-20)21(26)27)14-9-18(22)7-3-5-17-6-4-8-19(23)15-17/h4,6-8,15,20H,9-14,16H2,1-2H3,(H,26,27)/b18-7+. The van der Waals surface area contributed by atoms with Gasteiger partial charge in [0.25, 0.3) is 0 Å². The first-order valence-corrected chi connectivity index (χ1v) is 11.9. The van der Waals surface area contributed by atoms with Crippen molar-refractivity contribution in [3.63, 3.8) is 0 Å². The van der Waals surface area contributed by atoms with E-state index in [2.05, 4.69) is 11.8 Å². The van der Waals surface area contributed by atoms with Crippen LogP contribution in [0.25, 0.3) is 0 Å². The van der Waals surface area contributed by atoms with Gasteiger partial charge in [-0.2, -0.15) is 0 Å². The lowest BCUT2D eigenvalue weighted by molar-refractivity contribution is 0.135. The molecule has 2 saturated heterocycles. The van der Waals surface area contributed by atoms with Gasteiger partial charge in [0.2, 0.25) is 10.0 Å². The molecule has 0 radical (unpaired) electrons. The lowest BCUT2D eigenvalue weighted by Gasteiger charge is -2.41. The molecule has 0 aromatic heterocycles. The molecule has 1 N–H and O–H groups in total. The summed E-state index contributed by atoms with van der Waals surface area (Å²) < 4.78 is 27.9. The highest BCUT2D eigenvalue weighted by Gasteiger charge is 2.41. The first-order valence-electron chi connectivity index (χ1n) is 10.0. The Kier molecular flexibility index (Phi) is 6.81. The molecule has 8 heteroatoms. The lowest BCUT2D eigenvalue weighted by atomic mass is 9.79. The van der Waals surface area contributed by atoms with Crippen molar-refractivity contribution in [1.29, 1.82) is 0 Å². The van der Waals surface area contributed by atoms with Gasteiger partial charge in [-0.25, -0.2) is 17.5 Å². The van der Waals surface area contributed by atoms with Crippen molar-refractivity contribution in [2.45, 2.75) is 38.4 Å². The molecule has 0 unspecified atom stereocenters. The van der Waals surface area contributed by atoms with Gasteiger partial charge in [0.1, 0.15) is 0 Å². The van der Waals surface area contributed by atoms with Gasteiger partial charge in [-0.05, 0) is 43.5 Å². The Morgan fingerprint density at radius 1 is 1.27 bits per heavy atom. The van der Waals surface area contributed by atoms with Gasteiger partial charge in [0.05, 0.1) is 5.25 Å². The van der Waals surface area contributed by atoms with Crippen molar-refractivity contribution in [3.05, 3.63) is 46.5 Å². The Balaban J connectivity index is 1.68. The summed E-state index contributed by atoms with van der Waals surface area (Å²) in [5, 5.41) is 9.20. The van der Waals surface area contributed by atoms with E-state index in [9.17, 15) is 13.2 Å². The molecule has 0 atom stereocenters. The van der Waals surface area contributed by atoms with Crippen molar-refractivity contribution >= 4 is 27.7 Å². The zero-order valence-electron chi connectivity index (χ0n) is 17.3. The third kappa shape index (κ3) is 5.18. The fourth-order valence-electron chi connectivity index (χ4n) is 4.02. The number of carbonyl (C=O) groups is 1. The molecule has 2 aliphatic heterocycles. The quantitative estimate of drug-likeness (QED) is 0.695. The Hall–Kier alpha value is -2.01. The van der Waals surface area contributed by atoms with Crippen LogP contribution in [0.3, 0.4) is 0 Å². The second-order valence-electron chi connectivity index (χ2n) is 8.43. The number of benzene rings is 1. The fraction of sp³-hybridized carbons (Fsp3) is 0.500. The number of sulfonamides is 1. The normalized spacial score (nSPS) is 21.8. The maximum Gasteiger partial charge on any atom is 0.407 e. The number of allylic oxidation sites excluding steroid dienone is 1. The number of piperidine rings is 2. The number of carboxylic acid groups (broad SMARTS) is 1. The second kappa shape index (κ2) is 9.01. The van der Waals surface area contributed by atoms with Gasteiger partial charge in [-0.3, -0.25) is 0 Å². The topological polar surface area (TPSA) is 77.9 Å². The summed E-state index contributed by atoms with van der Waals surface area (Å²) >= 11 is 5.99. The Labute approximate surface area is 183 Å². The zero-order chi connectivity index (χ0) is 21.9. The minimum atomic E-state index is -3.46. The molecule has 3 rings (SSSR count). The Bertz CT molecular complexity index is 999. The Morgan fingerprint density at radius 2 is 1.97 bits per heavy atom. The van der Waals surface area contributed by atoms with E-state index in [0.29, 0.717) is 37.4 Å².